The minimum atomic E-state index is -2.96. The van der Waals surface area contributed by atoms with Crippen LogP contribution in [0.2, 0.25) is 0 Å². The summed E-state index contributed by atoms with van der Waals surface area (Å²) in [5, 5.41) is 38.3. The molecule has 0 radical (unpaired) electrons. The topological polar surface area (TPSA) is 128 Å². The summed E-state index contributed by atoms with van der Waals surface area (Å²) in [5.41, 5.74) is 1.02. The molecule has 0 saturated carbocycles. The monoisotopic (exact) mass is 438 g/mol. The van der Waals surface area contributed by atoms with Crippen molar-refractivity contribution in [3.8, 4) is 0 Å². The molecule has 0 spiro atoms. The van der Waals surface area contributed by atoms with E-state index in [4.69, 9.17) is 20.4 Å². The molecule has 1 aromatic heterocycles. The Bertz CT molecular complexity index is 547. The van der Waals surface area contributed by atoms with E-state index in [0.717, 1.165) is 25.0 Å². The summed E-state index contributed by atoms with van der Waals surface area (Å²) in [4.78, 5) is 12.6. The Morgan fingerprint density at radius 3 is 2.30 bits per heavy atom. The molecule has 1 fully saturated rings. The number of rotatable bonds is 6. The molecule has 1 aliphatic rings. The van der Waals surface area contributed by atoms with E-state index < -0.39 is 18.7 Å². The van der Waals surface area contributed by atoms with Crippen LogP contribution in [-0.2, 0) is 11.5 Å². The number of aliphatic hydroxyl groups is 4. The van der Waals surface area contributed by atoms with Gasteiger partial charge in [0.2, 0.25) is 0 Å². The van der Waals surface area contributed by atoms with Gasteiger partial charge in [0.25, 0.3) is 0 Å². The van der Waals surface area contributed by atoms with Crippen molar-refractivity contribution in [3.63, 3.8) is 0 Å². The van der Waals surface area contributed by atoms with Crippen molar-refractivity contribution >= 4 is 6.09 Å². The molecule has 30 heavy (non-hydrogen) atoms. The average Bonchev–Trinajstić information content (AvgIpc) is 3.31. The molecule has 2 rings (SSSR count). The fourth-order valence-electron chi connectivity index (χ4n) is 2.50. The Morgan fingerprint density at radius 1 is 1.33 bits per heavy atom. The number of aliphatic hydroxyl groups excluding tert-OH is 1. The summed E-state index contributed by atoms with van der Waals surface area (Å²) < 4.78 is 6.02. The maximum Gasteiger partial charge on any atom is 1.00 e. The van der Waals surface area contributed by atoms with Gasteiger partial charge >= 0.3 is 41.6 Å². The van der Waals surface area contributed by atoms with E-state index >= 15 is 0 Å². The molecular weight excluding hydrogens is 401 g/mol. The summed E-state index contributed by atoms with van der Waals surface area (Å²) in [6.07, 6.45) is 3.39. The standard InChI is InChI=1S/C9H14N2O.C8H14NO5.C2H6.CH3.Na/c1-3-8(4-2)9-5-6-10-11(9)7-12;1-6-2-3-9(4-6)7(10)14-5-8(11,12)13;1-2;;/h5-6,8,12H,1-4,7H2;6,11-13H,1-5H2;1-2H3;1H3;/q-2;-1;;-1;+1. The second-order valence-corrected chi connectivity index (χ2v) is 6.10. The van der Waals surface area contributed by atoms with Crippen molar-refractivity contribution in [1.29, 1.82) is 0 Å². The molecule has 0 aliphatic carbocycles. The molecule has 1 atom stereocenters. The zero-order valence-electron chi connectivity index (χ0n) is 18.8. The number of hydrogen-bond donors (Lipinski definition) is 4. The first-order valence-electron chi connectivity index (χ1n) is 9.34. The molecular formula is C20H37N3NaO6-3. The Kier molecular flexibility index (Phi) is 20.3. The van der Waals surface area contributed by atoms with E-state index in [1.807, 2.05) is 19.9 Å². The smallest absolute Gasteiger partial charge is 0.441 e. The number of carbonyl (C=O) groups is 1. The minimum absolute atomic E-state index is 0. The molecule has 172 valence electrons. The number of hydrogen-bond acceptors (Lipinski definition) is 7. The molecule has 0 aromatic carbocycles. The fourth-order valence-corrected chi connectivity index (χ4v) is 2.50. The molecule has 2 heterocycles. The summed E-state index contributed by atoms with van der Waals surface area (Å²) in [5.74, 6) is -2.47. The van der Waals surface area contributed by atoms with E-state index in [0.29, 0.717) is 19.0 Å². The summed E-state index contributed by atoms with van der Waals surface area (Å²) in [6, 6.07) is 1.90. The van der Waals surface area contributed by atoms with Gasteiger partial charge in [0.15, 0.2) is 6.61 Å². The largest absolute Gasteiger partial charge is 1.00 e. The van der Waals surface area contributed by atoms with Gasteiger partial charge in [-0.05, 0) is 12.6 Å². The number of carbonyl (C=O) groups excluding carboxylic acids is 1. The van der Waals surface area contributed by atoms with Crippen LogP contribution in [0.3, 0.4) is 0 Å². The van der Waals surface area contributed by atoms with Gasteiger partial charge in [-0.25, -0.2) is 9.48 Å². The molecule has 1 saturated heterocycles. The third-order valence-electron chi connectivity index (χ3n) is 3.93. The van der Waals surface area contributed by atoms with Gasteiger partial charge in [0.1, 0.15) is 6.73 Å². The first-order valence-corrected chi connectivity index (χ1v) is 9.34. The fraction of sp³-hybridized carbons (Fsp3) is 0.600. The van der Waals surface area contributed by atoms with Crippen molar-refractivity contribution in [2.75, 3.05) is 19.7 Å². The minimum Gasteiger partial charge on any atom is -0.441 e. The Balaban J connectivity index is -0.000000426. The van der Waals surface area contributed by atoms with Crippen LogP contribution in [0.15, 0.2) is 12.3 Å². The van der Waals surface area contributed by atoms with Gasteiger partial charge < -0.3 is 58.3 Å². The normalized spacial score (nSPS) is 15.1. The zero-order valence-corrected chi connectivity index (χ0v) is 20.8. The van der Waals surface area contributed by atoms with Gasteiger partial charge in [-0.15, -0.1) is 5.92 Å². The van der Waals surface area contributed by atoms with Crippen LogP contribution in [0.4, 0.5) is 4.79 Å². The van der Waals surface area contributed by atoms with Gasteiger partial charge in [-0.1, -0.05) is 26.2 Å². The van der Waals surface area contributed by atoms with E-state index in [1.54, 1.807) is 10.9 Å². The Labute approximate surface area is 203 Å². The molecule has 1 aliphatic heterocycles. The van der Waals surface area contributed by atoms with Crippen LogP contribution < -0.4 is 29.6 Å². The third-order valence-corrected chi connectivity index (χ3v) is 3.93. The van der Waals surface area contributed by atoms with Gasteiger partial charge in [-0.2, -0.15) is 17.9 Å². The van der Waals surface area contributed by atoms with E-state index in [1.165, 1.54) is 4.90 Å². The molecule has 9 nitrogen and oxygen atoms in total. The van der Waals surface area contributed by atoms with E-state index in [2.05, 4.69) is 30.6 Å². The summed E-state index contributed by atoms with van der Waals surface area (Å²) >= 11 is 0. The second kappa shape index (κ2) is 17.9. The first kappa shape index (κ1) is 33.9. The van der Waals surface area contributed by atoms with E-state index in [9.17, 15) is 4.79 Å². The van der Waals surface area contributed by atoms with Crippen molar-refractivity contribution in [2.45, 2.75) is 51.7 Å². The summed E-state index contributed by atoms with van der Waals surface area (Å²) in [7, 11) is 0. The molecule has 1 amide bonds. The van der Waals surface area contributed by atoms with Crippen LogP contribution in [0, 0.1) is 34.1 Å². The molecule has 10 heteroatoms. The Morgan fingerprint density at radius 2 is 1.90 bits per heavy atom. The third kappa shape index (κ3) is 12.9. The number of nitrogens with zero attached hydrogens (tertiary/aromatic N) is 3. The maximum absolute atomic E-state index is 11.2. The van der Waals surface area contributed by atoms with Crippen LogP contribution in [0.1, 0.15) is 44.7 Å². The van der Waals surface area contributed by atoms with Crippen molar-refractivity contribution in [2.24, 2.45) is 5.92 Å². The SMILES string of the molecule is CC.[CH2-]C1CCN(C(=O)OCC(O)(O)O)C1.[CH2-]CC(C[CH2-])c1ccnn1CO.[CH3-].[Na+]. The van der Waals surface area contributed by atoms with E-state index in [-0.39, 0.29) is 49.6 Å². The molecule has 1 aromatic rings. The van der Waals surface area contributed by atoms with Gasteiger partial charge in [0, 0.05) is 18.4 Å². The predicted octanol–water partition coefficient (Wildman–Crippen LogP) is -1.24. The van der Waals surface area contributed by atoms with Crippen LogP contribution in [0.25, 0.3) is 0 Å². The predicted molar refractivity (Wildman–Crippen MR) is 111 cm³/mol. The van der Waals surface area contributed by atoms with Crippen LogP contribution in [0.5, 0.6) is 0 Å². The van der Waals surface area contributed by atoms with Crippen molar-refractivity contribution in [3.05, 3.63) is 46.2 Å². The molecule has 0 bridgehead atoms. The van der Waals surface area contributed by atoms with Crippen LogP contribution in [-0.4, -0.2) is 66.9 Å². The first-order chi connectivity index (χ1) is 13.2. The number of likely N-dealkylation sites (tertiary alicyclic amines) is 1. The molecule has 4 N–H and O–H groups in total. The number of amides is 1. The second-order valence-electron chi connectivity index (χ2n) is 6.10. The van der Waals surface area contributed by atoms with Gasteiger partial charge in [-0.3, -0.25) is 0 Å². The number of ether oxygens (including phenoxy) is 1. The quantitative estimate of drug-likeness (QED) is 0.248. The van der Waals surface area contributed by atoms with Gasteiger partial charge in [0.05, 0.1) is 0 Å². The van der Waals surface area contributed by atoms with Crippen LogP contribution >= 0.6 is 0 Å². The zero-order chi connectivity index (χ0) is 21.7. The van der Waals surface area contributed by atoms with Crippen molar-refractivity contribution in [1.82, 2.24) is 14.7 Å². The van der Waals surface area contributed by atoms with Crippen molar-refractivity contribution < 1.29 is 59.5 Å². The number of aromatic nitrogens is 2. The summed E-state index contributed by atoms with van der Waals surface area (Å²) in [6.45, 7) is 15.5. The molecule has 1 unspecified atom stereocenters. The maximum atomic E-state index is 11.2. The Hall–Kier alpha value is -0.680. The average molecular weight is 439 g/mol.